The SMILES string of the molecule is CC(C)(C)c1cc(NC(=O)CCc2ccccc2)ccn1. The third-order valence-corrected chi connectivity index (χ3v) is 3.30. The molecule has 0 aliphatic carbocycles. The normalized spacial score (nSPS) is 11.2. The van der Waals surface area contributed by atoms with Crippen molar-refractivity contribution in [3.05, 3.63) is 59.9 Å². The minimum atomic E-state index is -0.0230. The van der Waals surface area contributed by atoms with Crippen molar-refractivity contribution < 1.29 is 4.79 Å². The number of benzene rings is 1. The van der Waals surface area contributed by atoms with Gasteiger partial charge in [0.2, 0.25) is 5.91 Å². The Kier molecular flexibility index (Phi) is 4.73. The first-order valence-electron chi connectivity index (χ1n) is 7.25. The molecule has 0 atom stereocenters. The Morgan fingerprint density at radius 2 is 1.86 bits per heavy atom. The molecule has 2 rings (SSSR count). The Balaban J connectivity index is 1.94. The molecule has 1 amide bonds. The molecule has 0 bridgehead atoms. The number of hydrogen-bond acceptors (Lipinski definition) is 2. The lowest BCUT2D eigenvalue weighted by atomic mass is 9.91. The molecule has 0 unspecified atom stereocenters. The zero-order chi connectivity index (χ0) is 15.3. The van der Waals surface area contributed by atoms with Gasteiger partial charge in [0.05, 0.1) is 0 Å². The highest BCUT2D eigenvalue weighted by Crippen LogP contribution is 2.22. The van der Waals surface area contributed by atoms with E-state index in [0.29, 0.717) is 6.42 Å². The van der Waals surface area contributed by atoms with Gasteiger partial charge in [-0.15, -0.1) is 0 Å². The lowest BCUT2D eigenvalue weighted by Gasteiger charge is -2.18. The molecule has 0 aliphatic heterocycles. The van der Waals surface area contributed by atoms with E-state index in [9.17, 15) is 4.79 Å². The summed E-state index contributed by atoms with van der Waals surface area (Å²) < 4.78 is 0. The molecule has 0 spiro atoms. The largest absolute Gasteiger partial charge is 0.326 e. The van der Waals surface area contributed by atoms with E-state index in [2.05, 4.69) is 31.1 Å². The van der Waals surface area contributed by atoms with Crippen LogP contribution >= 0.6 is 0 Å². The summed E-state index contributed by atoms with van der Waals surface area (Å²) in [4.78, 5) is 16.4. The average molecular weight is 282 g/mol. The molecule has 0 saturated heterocycles. The summed E-state index contributed by atoms with van der Waals surface area (Å²) >= 11 is 0. The number of rotatable bonds is 4. The highest BCUT2D eigenvalue weighted by molar-refractivity contribution is 5.90. The number of anilines is 1. The number of nitrogens with zero attached hydrogens (tertiary/aromatic N) is 1. The Hall–Kier alpha value is -2.16. The van der Waals surface area contributed by atoms with Crippen LogP contribution in [0.5, 0.6) is 0 Å². The Labute approximate surface area is 126 Å². The van der Waals surface area contributed by atoms with E-state index in [1.54, 1.807) is 6.20 Å². The molecule has 1 N–H and O–H groups in total. The van der Waals surface area contributed by atoms with Crippen molar-refractivity contribution in [1.29, 1.82) is 0 Å². The van der Waals surface area contributed by atoms with Gasteiger partial charge in [-0.25, -0.2) is 0 Å². The van der Waals surface area contributed by atoms with Crippen molar-refractivity contribution in [2.24, 2.45) is 0 Å². The molecule has 0 saturated carbocycles. The monoisotopic (exact) mass is 282 g/mol. The van der Waals surface area contributed by atoms with Crippen molar-refractivity contribution in [3.8, 4) is 0 Å². The molecule has 1 aromatic heterocycles. The first kappa shape index (κ1) is 15.2. The van der Waals surface area contributed by atoms with Gasteiger partial charge in [0.25, 0.3) is 0 Å². The van der Waals surface area contributed by atoms with Gasteiger partial charge in [-0.05, 0) is 24.1 Å². The van der Waals surface area contributed by atoms with E-state index in [1.807, 2.05) is 42.5 Å². The van der Waals surface area contributed by atoms with Crippen molar-refractivity contribution in [1.82, 2.24) is 4.98 Å². The van der Waals surface area contributed by atoms with Gasteiger partial charge in [0, 0.05) is 29.4 Å². The Morgan fingerprint density at radius 1 is 1.14 bits per heavy atom. The lowest BCUT2D eigenvalue weighted by Crippen LogP contribution is -2.16. The highest BCUT2D eigenvalue weighted by atomic mass is 16.1. The predicted molar refractivity (Wildman–Crippen MR) is 86.3 cm³/mol. The van der Waals surface area contributed by atoms with Crippen LogP contribution in [0.4, 0.5) is 5.69 Å². The maximum Gasteiger partial charge on any atom is 0.224 e. The van der Waals surface area contributed by atoms with Crippen LogP contribution in [-0.2, 0) is 16.6 Å². The molecular formula is C18H22N2O. The van der Waals surface area contributed by atoms with E-state index in [0.717, 1.165) is 17.8 Å². The van der Waals surface area contributed by atoms with E-state index >= 15 is 0 Å². The van der Waals surface area contributed by atoms with E-state index < -0.39 is 0 Å². The number of carbonyl (C=O) groups is 1. The summed E-state index contributed by atoms with van der Waals surface area (Å²) in [6, 6.07) is 13.8. The molecule has 1 heterocycles. The van der Waals surface area contributed by atoms with Gasteiger partial charge in [-0.1, -0.05) is 51.1 Å². The molecule has 0 aliphatic rings. The van der Waals surface area contributed by atoms with Gasteiger partial charge < -0.3 is 5.32 Å². The smallest absolute Gasteiger partial charge is 0.224 e. The fourth-order valence-electron chi connectivity index (χ4n) is 2.04. The topological polar surface area (TPSA) is 42.0 Å². The number of hydrogen-bond donors (Lipinski definition) is 1. The van der Waals surface area contributed by atoms with Crippen LogP contribution < -0.4 is 5.32 Å². The molecule has 3 nitrogen and oxygen atoms in total. The number of carbonyl (C=O) groups excluding carboxylic acids is 1. The second kappa shape index (κ2) is 6.53. The number of aromatic nitrogens is 1. The van der Waals surface area contributed by atoms with Crippen molar-refractivity contribution in [2.75, 3.05) is 5.32 Å². The number of nitrogens with one attached hydrogen (secondary N) is 1. The molecule has 1 aromatic carbocycles. The first-order chi connectivity index (χ1) is 9.95. The summed E-state index contributed by atoms with van der Waals surface area (Å²) in [6.07, 6.45) is 2.98. The van der Waals surface area contributed by atoms with Gasteiger partial charge >= 0.3 is 0 Å². The predicted octanol–water partition coefficient (Wildman–Crippen LogP) is 3.95. The molecule has 0 fully saturated rings. The van der Waals surface area contributed by atoms with Crippen LogP contribution in [-0.4, -0.2) is 10.9 Å². The van der Waals surface area contributed by atoms with Gasteiger partial charge in [0.15, 0.2) is 0 Å². The number of amides is 1. The second-order valence-corrected chi connectivity index (χ2v) is 6.21. The van der Waals surface area contributed by atoms with Crippen LogP contribution in [0.2, 0.25) is 0 Å². The number of aryl methyl sites for hydroxylation is 1. The maximum absolute atomic E-state index is 12.0. The minimum Gasteiger partial charge on any atom is -0.326 e. The highest BCUT2D eigenvalue weighted by Gasteiger charge is 2.15. The van der Waals surface area contributed by atoms with Crippen LogP contribution in [0.3, 0.4) is 0 Å². The van der Waals surface area contributed by atoms with E-state index in [-0.39, 0.29) is 11.3 Å². The third-order valence-electron chi connectivity index (χ3n) is 3.30. The molecule has 110 valence electrons. The lowest BCUT2D eigenvalue weighted by molar-refractivity contribution is -0.116. The minimum absolute atomic E-state index is 0.0230. The molecule has 0 radical (unpaired) electrons. The van der Waals surface area contributed by atoms with Crippen LogP contribution in [0.1, 0.15) is 38.4 Å². The summed E-state index contributed by atoms with van der Waals surface area (Å²) in [7, 11) is 0. The van der Waals surface area contributed by atoms with Crippen LogP contribution in [0.25, 0.3) is 0 Å². The van der Waals surface area contributed by atoms with Gasteiger partial charge in [-0.3, -0.25) is 9.78 Å². The zero-order valence-corrected chi connectivity index (χ0v) is 12.9. The second-order valence-electron chi connectivity index (χ2n) is 6.21. The first-order valence-corrected chi connectivity index (χ1v) is 7.25. The summed E-state index contributed by atoms with van der Waals surface area (Å²) in [5, 5.41) is 2.95. The molecule has 2 aromatic rings. The van der Waals surface area contributed by atoms with Crippen LogP contribution in [0.15, 0.2) is 48.7 Å². The fourth-order valence-corrected chi connectivity index (χ4v) is 2.04. The van der Waals surface area contributed by atoms with Gasteiger partial charge in [-0.2, -0.15) is 0 Å². The summed E-state index contributed by atoms with van der Waals surface area (Å²) in [5.74, 6) is 0.0323. The fraction of sp³-hybridized carbons (Fsp3) is 0.333. The summed E-state index contributed by atoms with van der Waals surface area (Å²) in [6.45, 7) is 6.32. The zero-order valence-electron chi connectivity index (χ0n) is 12.9. The summed E-state index contributed by atoms with van der Waals surface area (Å²) in [5.41, 5.74) is 2.94. The van der Waals surface area contributed by atoms with E-state index in [1.165, 1.54) is 5.56 Å². The van der Waals surface area contributed by atoms with Crippen molar-refractivity contribution in [3.63, 3.8) is 0 Å². The number of pyridine rings is 1. The molecular weight excluding hydrogens is 260 g/mol. The van der Waals surface area contributed by atoms with Crippen molar-refractivity contribution >= 4 is 11.6 Å². The van der Waals surface area contributed by atoms with E-state index in [4.69, 9.17) is 0 Å². The van der Waals surface area contributed by atoms with Crippen LogP contribution in [0, 0.1) is 0 Å². The molecule has 21 heavy (non-hydrogen) atoms. The Morgan fingerprint density at radius 3 is 2.52 bits per heavy atom. The van der Waals surface area contributed by atoms with Crippen molar-refractivity contribution in [2.45, 2.75) is 39.0 Å². The third kappa shape index (κ3) is 4.71. The van der Waals surface area contributed by atoms with Gasteiger partial charge in [0.1, 0.15) is 0 Å². The quantitative estimate of drug-likeness (QED) is 0.922. The Bertz CT molecular complexity index is 600. The maximum atomic E-state index is 12.0. The average Bonchev–Trinajstić information content (AvgIpc) is 2.46. The standard InChI is InChI=1S/C18H22N2O/c1-18(2,3)16-13-15(11-12-19-16)20-17(21)10-9-14-7-5-4-6-8-14/h4-8,11-13H,9-10H2,1-3H3,(H,19,20,21). The molecule has 3 heteroatoms.